The zero-order chi connectivity index (χ0) is 13.7. The van der Waals surface area contributed by atoms with Crippen molar-refractivity contribution in [2.45, 2.75) is 19.8 Å². The van der Waals surface area contributed by atoms with E-state index < -0.39 is 0 Å². The molecule has 2 aromatic heterocycles. The van der Waals surface area contributed by atoms with E-state index in [2.05, 4.69) is 20.5 Å². The molecule has 6 heteroatoms. The Hall–Kier alpha value is -2.37. The summed E-state index contributed by atoms with van der Waals surface area (Å²) >= 11 is 0. The van der Waals surface area contributed by atoms with Gasteiger partial charge in [-0.15, -0.1) is 0 Å². The van der Waals surface area contributed by atoms with Crippen molar-refractivity contribution in [1.82, 2.24) is 20.5 Å². The van der Waals surface area contributed by atoms with Crippen LogP contribution in [0.25, 0.3) is 0 Å². The fourth-order valence-corrected chi connectivity index (χ4v) is 1.80. The molecule has 0 saturated carbocycles. The second kappa shape index (κ2) is 5.99. The van der Waals surface area contributed by atoms with Gasteiger partial charge in [-0.3, -0.25) is 9.89 Å². The number of aromatic nitrogens is 3. The summed E-state index contributed by atoms with van der Waals surface area (Å²) in [5.74, 6) is 0.222. The summed E-state index contributed by atoms with van der Waals surface area (Å²) in [5, 5.41) is 9.71. The minimum Gasteiger partial charge on any atom is -0.384 e. The van der Waals surface area contributed by atoms with Crippen molar-refractivity contribution in [3.05, 3.63) is 41.3 Å². The summed E-state index contributed by atoms with van der Waals surface area (Å²) in [6.07, 6.45) is 5.10. The lowest BCUT2D eigenvalue weighted by molar-refractivity contribution is 0.0953. The molecule has 0 aliphatic carbocycles. The standard InChI is InChI=1S/C13H17N5O/c1-9-11(8-17-18-9)3-2-5-16-13(19)10-4-6-15-12(14)7-10/h4,6-8H,2-3,5H2,1H3,(H2,14,15)(H,16,19)(H,17,18). The van der Waals surface area contributed by atoms with Crippen LogP contribution in [0.15, 0.2) is 24.5 Å². The number of aromatic amines is 1. The molecule has 6 nitrogen and oxygen atoms in total. The number of carbonyl (C=O) groups is 1. The first-order valence-corrected chi connectivity index (χ1v) is 6.15. The number of pyridine rings is 1. The molecule has 19 heavy (non-hydrogen) atoms. The number of hydrogen-bond donors (Lipinski definition) is 3. The molecule has 100 valence electrons. The summed E-state index contributed by atoms with van der Waals surface area (Å²) in [4.78, 5) is 15.7. The van der Waals surface area contributed by atoms with Gasteiger partial charge in [0.15, 0.2) is 0 Å². The zero-order valence-electron chi connectivity index (χ0n) is 10.8. The quantitative estimate of drug-likeness (QED) is 0.699. The van der Waals surface area contributed by atoms with Crippen LogP contribution in [0, 0.1) is 6.92 Å². The Labute approximate surface area is 111 Å². The molecule has 0 radical (unpaired) electrons. The first kappa shape index (κ1) is 13.1. The molecular formula is C13H17N5O. The van der Waals surface area contributed by atoms with Crippen LogP contribution in [0.5, 0.6) is 0 Å². The SMILES string of the molecule is Cc1[nH]ncc1CCCNC(=O)c1ccnc(N)c1. The predicted molar refractivity (Wildman–Crippen MR) is 72.6 cm³/mol. The lowest BCUT2D eigenvalue weighted by atomic mass is 10.1. The highest BCUT2D eigenvalue weighted by Crippen LogP contribution is 2.06. The van der Waals surface area contributed by atoms with E-state index in [4.69, 9.17) is 5.73 Å². The van der Waals surface area contributed by atoms with Gasteiger partial charge in [0.2, 0.25) is 0 Å². The van der Waals surface area contributed by atoms with Crippen molar-refractivity contribution in [2.24, 2.45) is 0 Å². The fraction of sp³-hybridized carbons (Fsp3) is 0.308. The van der Waals surface area contributed by atoms with Crippen LogP contribution in [0.3, 0.4) is 0 Å². The molecule has 0 bridgehead atoms. The molecule has 0 aliphatic heterocycles. The highest BCUT2D eigenvalue weighted by molar-refractivity contribution is 5.94. The van der Waals surface area contributed by atoms with Crippen molar-refractivity contribution in [3.8, 4) is 0 Å². The first-order chi connectivity index (χ1) is 9.16. The molecule has 2 heterocycles. The highest BCUT2D eigenvalue weighted by Gasteiger charge is 2.05. The molecule has 2 aromatic rings. The third kappa shape index (κ3) is 3.54. The van der Waals surface area contributed by atoms with Crippen molar-refractivity contribution in [3.63, 3.8) is 0 Å². The monoisotopic (exact) mass is 259 g/mol. The number of nitrogen functional groups attached to an aromatic ring is 1. The Bertz CT molecular complexity index is 564. The van der Waals surface area contributed by atoms with Crippen LogP contribution in [0.4, 0.5) is 5.82 Å². The van der Waals surface area contributed by atoms with Gasteiger partial charge in [0.1, 0.15) is 5.82 Å². The molecular weight excluding hydrogens is 242 g/mol. The number of nitrogens with one attached hydrogen (secondary N) is 2. The second-order valence-electron chi connectivity index (χ2n) is 4.35. The Morgan fingerprint density at radius 3 is 3.05 bits per heavy atom. The van der Waals surface area contributed by atoms with Crippen molar-refractivity contribution >= 4 is 11.7 Å². The molecule has 4 N–H and O–H groups in total. The smallest absolute Gasteiger partial charge is 0.251 e. The van der Waals surface area contributed by atoms with Crippen LogP contribution >= 0.6 is 0 Å². The topological polar surface area (TPSA) is 96.7 Å². The summed E-state index contributed by atoms with van der Waals surface area (Å²) in [5.41, 5.74) is 8.32. The van der Waals surface area contributed by atoms with Gasteiger partial charge in [-0.1, -0.05) is 0 Å². The molecule has 1 amide bonds. The highest BCUT2D eigenvalue weighted by atomic mass is 16.1. The summed E-state index contributed by atoms with van der Waals surface area (Å²) in [6.45, 7) is 2.60. The summed E-state index contributed by atoms with van der Waals surface area (Å²) < 4.78 is 0. The third-order valence-corrected chi connectivity index (χ3v) is 2.89. The molecule has 0 aliphatic rings. The largest absolute Gasteiger partial charge is 0.384 e. The average Bonchev–Trinajstić information content (AvgIpc) is 2.80. The molecule has 0 aromatic carbocycles. The number of nitrogens with two attached hydrogens (primary N) is 1. The molecule has 0 atom stereocenters. The van der Waals surface area contributed by atoms with E-state index in [0.29, 0.717) is 17.9 Å². The number of anilines is 1. The summed E-state index contributed by atoms with van der Waals surface area (Å²) in [7, 11) is 0. The lowest BCUT2D eigenvalue weighted by Gasteiger charge is -2.05. The Morgan fingerprint density at radius 1 is 1.53 bits per heavy atom. The number of H-pyrrole nitrogens is 1. The number of aryl methyl sites for hydroxylation is 2. The van der Waals surface area contributed by atoms with E-state index >= 15 is 0 Å². The molecule has 0 spiro atoms. The van der Waals surface area contributed by atoms with Gasteiger partial charge in [-0.25, -0.2) is 4.98 Å². The third-order valence-electron chi connectivity index (χ3n) is 2.89. The lowest BCUT2D eigenvalue weighted by Crippen LogP contribution is -2.24. The van der Waals surface area contributed by atoms with E-state index in [9.17, 15) is 4.79 Å². The summed E-state index contributed by atoms with van der Waals surface area (Å²) in [6, 6.07) is 3.21. The molecule has 2 rings (SSSR count). The van der Waals surface area contributed by atoms with E-state index in [0.717, 1.165) is 18.5 Å². The van der Waals surface area contributed by atoms with Crippen LogP contribution in [0.2, 0.25) is 0 Å². The average molecular weight is 259 g/mol. The minimum atomic E-state index is -0.127. The maximum Gasteiger partial charge on any atom is 0.251 e. The van der Waals surface area contributed by atoms with Crippen molar-refractivity contribution in [1.29, 1.82) is 0 Å². The van der Waals surface area contributed by atoms with E-state index in [-0.39, 0.29) is 5.91 Å². The number of rotatable bonds is 5. The van der Waals surface area contributed by atoms with Gasteiger partial charge < -0.3 is 11.1 Å². The predicted octanol–water partition coefficient (Wildman–Crippen LogP) is 1.06. The number of carbonyl (C=O) groups excluding carboxylic acids is 1. The zero-order valence-corrected chi connectivity index (χ0v) is 10.8. The van der Waals surface area contributed by atoms with E-state index in [1.807, 2.05) is 13.1 Å². The van der Waals surface area contributed by atoms with E-state index in [1.165, 1.54) is 11.8 Å². The van der Waals surface area contributed by atoms with Gasteiger partial charge in [0, 0.05) is 24.0 Å². The first-order valence-electron chi connectivity index (χ1n) is 6.15. The Morgan fingerprint density at radius 2 is 2.37 bits per heavy atom. The van der Waals surface area contributed by atoms with Crippen LogP contribution in [-0.2, 0) is 6.42 Å². The maximum absolute atomic E-state index is 11.8. The van der Waals surface area contributed by atoms with Gasteiger partial charge in [-0.05, 0) is 37.5 Å². The fourth-order valence-electron chi connectivity index (χ4n) is 1.80. The van der Waals surface area contributed by atoms with Crippen molar-refractivity contribution < 1.29 is 4.79 Å². The van der Waals surface area contributed by atoms with Crippen molar-refractivity contribution in [2.75, 3.05) is 12.3 Å². The van der Waals surface area contributed by atoms with Gasteiger partial charge in [0.25, 0.3) is 5.91 Å². The van der Waals surface area contributed by atoms with Crippen LogP contribution in [0.1, 0.15) is 28.0 Å². The molecule has 0 fully saturated rings. The van der Waals surface area contributed by atoms with E-state index in [1.54, 1.807) is 12.1 Å². The number of hydrogen-bond acceptors (Lipinski definition) is 4. The second-order valence-corrected chi connectivity index (χ2v) is 4.35. The maximum atomic E-state index is 11.8. The van der Waals surface area contributed by atoms with Gasteiger partial charge in [0.05, 0.1) is 6.20 Å². The number of amides is 1. The van der Waals surface area contributed by atoms with Crippen LogP contribution in [-0.4, -0.2) is 27.6 Å². The minimum absolute atomic E-state index is 0.127. The number of nitrogens with zero attached hydrogens (tertiary/aromatic N) is 2. The Balaban J connectivity index is 1.77. The van der Waals surface area contributed by atoms with Gasteiger partial charge >= 0.3 is 0 Å². The molecule has 0 unspecified atom stereocenters. The normalized spacial score (nSPS) is 10.4. The molecule has 0 saturated heterocycles. The Kier molecular flexibility index (Phi) is 4.12. The van der Waals surface area contributed by atoms with Gasteiger partial charge in [-0.2, -0.15) is 5.10 Å². The van der Waals surface area contributed by atoms with Crippen LogP contribution < -0.4 is 11.1 Å².